The van der Waals surface area contributed by atoms with Crippen molar-refractivity contribution in [1.29, 1.82) is 0 Å². The number of hydrogen-bond acceptors (Lipinski definition) is 2. The van der Waals surface area contributed by atoms with Crippen LogP contribution in [0.4, 0.5) is 5.69 Å². The molecule has 0 saturated carbocycles. The van der Waals surface area contributed by atoms with E-state index < -0.39 is 0 Å². The first-order chi connectivity index (χ1) is 11.6. The van der Waals surface area contributed by atoms with Crippen LogP contribution in [0, 0.1) is 6.92 Å². The zero-order chi connectivity index (χ0) is 17.1. The fraction of sp³-hybridized carbons (Fsp3) is 0.182. The van der Waals surface area contributed by atoms with Crippen molar-refractivity contribution in [3.8, 4) is 22.3 Å². The van der Waals surface area contributed by atoms with Crippen LogP contribution < -0.4 is 10.6 Å². The van der Waals surface area contributed by atoms with Gasteiger partial charge in [0.05, 0.1) is 0 Å². The Morgan fingerprint density at radius 2 is 1.58 bits per heavy atom. The Bertz CT molecular complexity index is 836. The van der Waals surface area contributed by atoms with Gasteiger partial charge in [0, 0.05) is 26.3 Å². The lowest BCUT2D eigenvalue weighted by Crippen LogP contribution is -2.10. The molecular weight excluding hydrogens is 292 g/mol. The topological polar surface area (TPSA) is 29.3 Å². The molecule has 0 aliphatic rings. The molecule has 0 amide bonds. The first-order valence-electron chi connectivity index (χ1n) is 8.27. The first-order valence-corrected chi connectivity index (χ1v) is 8.27. The molecule has 2 N–H and O–H groups in total. The van der Waals surface area contributed by atoms with E-state index in [4.69, 9.17) is 5.73 Å². The van der Waals surface area contributed by atoms with Crippen molar-refractivity contribution in [3.05, 3.63) is 77.9 Å². The second kappa shape index (κ2) is 6.90. The Kier molecular flexibility index (Phi) is 4.68. The number of benzene rings is 3. The molecule has 3 rings (SSSR count). The second-order valence-electron chi connectivity index (χ2n) is 6.30. The lowest BCUT2D eigenvalue weighted by molar-refractivity contribution is 1.06. The third kappa shape index (κ3) is 3.06. The van der Waals surface area contributed by atoms with Crippen LogP contribution in [0.25, 0.3) is 22.3 Å². The highest BCUT2D eigenvalue weighted by atomic mass is 15.1. The summed E-state index contributed by atoms with van der Waals surface area (Å²) in [4.78, 5) is 2.11. The van der Waals surface area contributed by atoms with E-state index >= 15 is 0 Å². The summed E-state index contributed by atoms with van der Waals surface area (Å²) in [5.41, 5.74) is 14.7. The molecule has 3 aromatic rings. The largest absolute Gasteiger partial charge is 0.378 e. The molecule has 0 spiro atoms. The van der Waals surface area contributed by atoms with Crippen molar-refractivity contribution in [3.63, 3.8) is 0 Å². The normalized spacial score (nSPS) is 10.7. The molecule has 0 aliphatic heterocycles. The maximum Gasteiger partial charge on any atom is 0.0364 e. The SMILES string of the molecule is Cc1cccc(-c2ccc(N(C)C)cc2CN)c1-c1ccccc1. The number of nitrogens with zero attached hydrogens (tertiary/aromatic N) is 1. The quantitative estimate of drug-likeness (QED) is 0.745. The Hall–Kier alpha value is -2.58. The van der Waals surface area contributed by atoms with E-state index in [1.54, 1.807) is 0 Å². The molecule has 0 unspecified atom stereocenters. The van der Waals surface area contributed by atoms with Gasteiger partial charge in [-0.05, 0) is 52.4 Å². The molecule has 3 aromatic carbocycles. The molecule has 122 valence electrons. The summed E-state index contributed by atoms with van der Waals surface area (Å²) >= 11 is 0. The van der Waals surface area contributed by atoms with E-state index in [2.05, 4.69) is 92.6 Å². The number of rotatable bonds is 4. The summed E-state index contributed by atoms with van der Waals surface area (Å²) in [5, 5.41) is 0. The third-order valence-corrected chi connectivity index (χ3v) is 4.45. The summed E-state index contributed by atoms with van der Waals surface area (Å²) in [6.45, 7) is 2.70. The summed E-state index contributed by atoms with van der Waals surface area (Å²) in [6.07, 6.45) is 0. The standard InChI is InChI=1S/C22H24N2/c1-16-8-7-11-21(22(16)17-9-5-4-6-10-17)20-13-12-19(24(2)3)14-18(20)15-23/h4-14H,15,23H2,1-3H3. The maximum atomic E-state index is 6.07. The van der Waals surface area contributed by atoms with Crippen molar-refractivity contribution in [2.24, 2.45) is 5.73 Å². The summed E-state index contributed by atoms with van der Waals surface area (Å²) < 4.78 is 0. The van der Waals surface area contributed by atoms with Gasteiger partial charge in [-0.2, -0.15) is 0 Å². The molecule has 2 heteroatoms. The zero-order valence-electron chi connectivity index (χ0n) is 14.6. The first kappa shape index (κ1) is 16.3. The molecule has 0 fully saturated rings. The molecule has 0 radical (unpaired) electrons. The predicted octanol–water partition coefficient (Wildman–Crippen LogP) is 4.85. The average Bonchev–Trinajstić information content (AvgIpc) is 2.61. The Balaban J connectivity index is 2.23. The van der Waals surface area contributed by atoms with Crippen LogP contribution in [0.2, 0.25) is 0 Å². The van der Waals surface area contributed by atoms with Gasteiger partial charge in [0.1, 0.15) is 0 Å². The van der Waals surface area contributed by atoms with Crippen LogP contribution in [0.15, 0.2) is 66.7 Å². The highest BCUT2D eigenvalue weighted by molar-refractivity contribution is 5.87. The van der Waals surface area contributed by atoms with Crippen LogP contribution in [-0.4, -0.2) is 14.1 Å². The lowest BCUT2D eigenvalue weighted by Gasteiger charge is -2.19. The molecule has 2 nitrogen and oxygen atoms in total. The maximum absolute atomic E-state index is 6.07. The summed E-state index contributed by atoms with van der Waals surface area (Å²) in [7, 11) is 4.11. The van der Waals surface area contributed by atoms with Crippen molar-refractivity contribution >= 4 is 5.69 Å². The van der Waals surface area contributed by atoms with E-state index in [1.165, 1.54) is 39.1 Å². The number of nitrogens with two attached hydrogens (primary N) is 1. The Morgan fingerprint density at radius 1 is 0.833 bits per heavy atom. The van der Waals surface area contributed by atoms with E-state index in [-0.39, 0.29) is 0 Å². The Morgan fingerprint density at radius 3 is 2.25 bits per heavy atom. The number of hydrogen-bond donors (Lipinski definition) is 1. The summed E-state index contributed by atoms with van der Waals surface area (Å²) in [5.74, 6) is 0. The van der Waals surface area contributed by atoms with Crippen LogP contribution in [0.3, 0.4) is 0 Å². The van der Waals surface area contributed by atoms with Crippen molar-refractivity contribution in [2.75, 3.05) is 19.0 Å². The minimum absolute atomic E-state index is 0.527. The second-order valence-corrected chi connectivity index (χ2v) is 6.30. The van der Waals surface area contributed by atoms with Crippen LogP contribution >= 0.6 is 0 Å². The fourth-order valence-electron chi connectivity index (χ4n) is 3.17. The number of aryl methyl sites for hydroxylation is 1. The molecule has 0 heterocycles. The van der Waals surface area contributed by atoms with Gasteiger partial charge in [-0.25, -0.2) is 0 Å². The fourth-order valence-corrected chi connectivity index (χ4v) is 3.17. The molecule has 0 bridgehead atoms. The average molecular weight is 316 g/mol. The van der Waals surface area contributed by atoms with Gasteiger partial charge < -0.3 is 10.6 Å². The van der Waals surface area contributed by atoms with E-state index in [9.17, 15) is 0 Å². The van der Waals surface area contributed by atoms with Crippen molar-refractivity contribution in [2.45, 2.75) is 13.5 Å². The minimum Gasteiger partial charge on any atom is -0.378 e. The van der Waals surface area contributed by atoms with Crippen LogP contribution in [0.5, 0.6) is 0 Å². The zero-order valence-corrected chi connectivity index (χ0v) is 14.6. The van der Waals surface area contributed by atoms with Gasteiger partial charge >= 0.3 is 0 Å². The van der Waals surface area contributed by atoms with Crippen LogP contribution in [0.1, 0.15) is 11.1 Å². The number of anilines is 1. The molecule has 0 atom stereocenters. The third-order valence-electron chi connectivity index (χ3n) is 4.45. The highest BCUT2D eigenvalue weighted by Crippen LogP contribution is 2.37. The van der Waals surface area contributed by atoms with Gasteiger partial charge in [-0.1, -0.05) is 54.6 Å². The monoisotopic (exact) mass is 316 g/mol. The minimum atomic E-state index is 0.527. The van der Waals surface area contributed by atoms with Crippen LogP contribution in [-0.2, 0) is 6.54 Å². The smallest absolute Gasteiger partial charge is 0.0364 e. The molecular formula is C22H24N2. The van der Waals surface area contributed by atoms with Crippen molar-refractivity contribution < 1.29 is 0 Å². The molecule has 0 saturated heterocycles. The van der Waals surface area contributed by atoms with E-state index in [0.29, 0.717) is 6.54 Å². The predicted molar refractivity (Wildman–Crippen MR) is 104 cm³/mol. The molecule has 24 heavy (non-hydrogen) atoms. The Labute approximate surface area is 144 Å². The lowest BCUT2D eigenvalue weighted by atomic mass is 9.89. The molecule has 0 aromatic heterocycles. The molecule has 0 aliphatic carbocycles. The highest BCUT2D eigenvalue weighted by Gasteiger charge is 2.13. The van der Waals surface area contributed by atoms with E-state index in [1.807, 2.05) is 0 Å². The van der Waals surface area contributed by atoms with Gasteiger partial charge in [0.25, 0.3) is 0 Å². The van der Waals surface area contributed by atoms with E-state index in [0.717, 1.165) is 0 Å². The summed E-state index contributed by atoms with van der Waals surface area (Å²) in [6, 6.07) is 23.6. The van der Waals surface area contributed by atoms with Gasteiger partial charge in [0.15, 0.2) is 0 Å². The van der Waals surface area contributed by atoms with Gasteiger partial charge in [-0.15, -0.1) is 0 Å². The van der Waals surface area contributed by atoms with Crippen molar-refractivity contribution in [1.82, 2.24) is 0 Å². The van der Waals surface area contributed by atoms with Gasteiger partial charge in [0.2, 0.25) is 0 Å². The van der Waals surface area contributed by atoms with Gasteiger partial charge in [-0.3, -0.25) is 0 Å².